The van der Waals surface area contributed by atoms with Gasteiger partial charge in [0.15, 0.2) is 0 Å². The maximum atomic E-state index is 12.1. The maximum Gasteiger partial charge on any atom is 0.343 e. The van der Waals surface area contributed by atoms with Crippen LogP contribution in [0.25, 0.3) is 0 Å². The van der Waals surface area contributed by atoms with Gasteiger partial charge in [-0.2, -0.15) is 0 Å². The largest absolute Gasteiger partial charge is 0.494 e. The minimum atomic E-state index is -0.447. The molecule has 0 fully saturated rings. The van der Waals surface area contributed by atoms with E-state index < -0.39 is 5.97 Å². The van der Waals surface area contributed by atoms with Gasteiger partial charge in [0.05, 0.1) is 12.2 Å². The normalized spacial score (nSPS) is 10.4. The Morgan fingerprint density at radius 1 is 1.00 bits per heavy atom. The first-order chi connectivity index (χ1) is 11.1. The molecule has 0 atom stereocenters. The van der Waals surface area contributed by atoms with Gasteiger partial charge in [0, 0.05) is 5.56 Å². The first kappa shape index (κ1) is 16.7. The molecule has 2 aromatic rings. The monoisotopic (exact) mass is 312 g/mol. The molecule has 0 aliphatic rings. The molecular formula is C19H20O4. The van der Waals surface area contributed by atoms with Gasteiger partial charge in [-0.05, 0) is 60.9 Å². The molecule has 0 aliphatic heterocycles. The summed E-state index contributed by atoms with van der Waals surface area (Å²) in [7, 11) is 0. The Kier molecular flexibility index (Phi) is 5.92. The van der Waals surface area contributed by atoms with Crippen molar-refractivity contribution in [3.8, 4) is 11.5 Å². The lowest BCUT2D eigenvalue weighted by atomic mass is 10.1. The number of hydrogen-bond donors (Lipinski definition) is 0. The number of aldehydes is 1. The van der Waals surface area contributed by atoms with Crippen molar-refractivity contribution in [3.63, 3.8) is 0 Å². The van der Waals surface area contributed by atoms with Gasteiger partial charge in [0.25, 0.3) is 0 Å². The van der Waals surface area contributed by atoms with E-state index in [4.69, 9.17) is 9.47 Å². The molecule has 0 radical (unpaired) electrons. The number of carbonyl (C=O) groups excluding carboxylic acids is 2. The second kappa shape index (κ2) is 8.13. The van der Waals surface area contributed by atoms with Gasteiger partial charge in [-0.3, -0.25) is 4.79 Å². The lowest BCUT2D eigenvalue weighted by Gasteiger charge is -2.09. The summed E-state index contributed by atoms with van der Waals surface area (Å²) in [6, 6.07) is 13.2. The van der Waals surface area contributed by atoms with Gasteiger partial charge >= 0.3 is 5.97 Å². The van der Waals surface area contributed by atoms with Crippen molar-refractivity contribution >= 4 is 12.3 Å². The summed E-state index contributed by atoms with van der Waals surface area (Å²) in [5, 5.41) is 0. The van der Waals surface area contributed by atoms with E-state index in [1.54, 1.807) is 48.5 Å². The molecule has 0 aromatic heterocycles. The minimum Gasteiger partial charge on any atom is -0.494 e. The van der Waals surface area contributed by atoms with Crippen LogP contribution in [0.15, 0.2) is 48.5 Å². The molecule has 0 N–H and O–H groups in total. The van der Waals surface area contributed by atoms with E-state index >= 15 is 0 Å². The third-order valence-corrected chi connectivity index (χ3v) is 3.28. The summed E-state index contributed by atoms with van der Waals surface area (Å²) >= 11 is 0. The van der Waals surface area contributed by atoms with E-state index in [1.165, 1.54) is 0 Å². The van der Waals surface area contributed by atoms with Crippen LogP contribution in [0.1, 0.15) is 41.0 Å². The van der Waals surface area contributed by atoms with Crippen LogP contribution < -0.4 is 9.47 Å². The van der Waals surface area contributed by atoms with Crippen LogP contribution in [0.5, 0.6) is 11.5 Å². The Bertz CT molecular complexity index is 642. The molecule has 2 rings (SSSR count). The summed E-state index contributed by atoms with van der Waals surface area (Å²) < 4.78 is 10.9. The molecule has 0 heterocycles. The Labute approximate surface area is 136 Å². The molecule has 120 valence electrons. The summed E-state index contributed by atoms with van der Waals surface area (Å²) in [6.07, 6.45) is 1.73. The second-order valence-corrected chi connectivity index (χ2v) is 5.63. The number of esters is 1. The fourth-order valence-electron chi connectivity index (χ4n) is 1.88. The zero-order chi connectivity index (χ0) is 16.7. The Morgan fingerprint density at radius 3 is 2.17 bits per heavy atom. The Morgan fingerprint density at radius 2 is 1.61 bits per heavy atom. The van der Waals surface area contributed by atoms with Crippen molar-refractivity contribution in [3.05, 3.63) is 59.7 Å². The molecule has 0 unspecified atom stereocenters. The number of ether oxygens (including phenoxy) is 2. The first-order valence-corrected chi connectivity index (χ1v) is 7.59. The van der Waals surface area contributed by atoms with Crippen molar-refractivity contribution in [1.29, 1.82) is 0 Å². The van der Waals surface area contributed by atoms with Crippen LogP contribution in [-0.2, 0) is 0 Å². The van der Waals surface area contributed by atoms with Gasteiger partial charge in [-0.15, -0.1) is 0 Å². The molecule has 0 spiro atoms. The van der Waals surface area contributed by atoms with Gasteiger partial charge < -0.3 is 9.47 Å². The molecule has 0 aliphatic carbocycles. The van der Waals surface area contributed by atoms with Gasteiger partial charge in [-0.25, -0.2) is 4.79 Å². The van der Waals surface area contributed by atoms with Crippen LogP contribution >= 0.6 is 0 Å². The van der Waals surface area contributed by atoms with E-state index in [-0.39, 0.29) is 0 Å². The molecule has 4 nitrogen and oxygen atoms in total. The van der Waals surface area contributed by atoms with Crippen molar-refractivity contribution in [2.75, 3.05) is 6.61 Å². The van der Waals surface area contributed by atoms with Crippen molar-refractivity contribution in [2.45, 2.75) is 20.3 Å². The molecule has 23 heavy (non-hydrogen) atoms. The van der Waals surface area contributed by atoms with E-state index in [0.29, 0.717) is 29.4 Å². The summed E-state index contributed by atoms with van der Waals surface area (Å²) in [5.74, 6) is 1.28. The van der Waals surface area contributed by atoms with E-state index in [1.807, 2.05) is 0 Å². The van der Waals surface area contributed by atoms with Crippen LogP contribution in [0.2, 0.25) is 0 Å². The SMILES string of the molecule is CC(C)CCOc1ccc(C(=O)Oc2ccc(C=O)cc2)cc1. The highest BCUT2D eigenvalue weighted by molar-refractivity contribution is 5.91. The van der Waals surface area contributed by atoms with Gasteiger partial charge in [0.1, 0.15) is 17.8 Å². The second-order valence-electron chi connectivity index (χ2n) is 5.63. The van der Waals surface area contributed by atoms with E-state index in [2.05, 4.69) is 13.8 Å². The summed E-state index contributed by atoms with van der Waals surface area (Å²) in [4.78, 5) is 22.6. The highest BCUT2D eigenvalue weighted by Crippen LogP contribution is 2.17. The third-order valence-electron chi connectivity index (χ3n) is 3.28. The average molecular weight is 312 g/mol. The predicted octanol–water partition coefficient (Wildman–Crippen LogP) is 4.14. The van der Waals surface area contributed by atoms with Gasteiger partial charge in [-0.1, -0.05) is 13.8 Å². The predicted molar refractivity (Wildman–Crippen MR) is 88.2 cm³/mol. The third kappa shape index (κ3) is 5.25. The fourth-order valence-corrected chi connectivity index (χ4v) is 1.88. The highest BCUT2D eigenvalue weighted by atomic mass is 16.5. The lowest BCUT2D eigenvalue weighted by molar-refractivity contribution is 0.0734. The number of benzene rings is 2. The summed E-state index contributed by atoms with van der Waals surface area (Å²) in [5.41, 5.74) is 0.980. The van der Waals surface area contributed by atoms with E-state index in [9.17, 15) is 9.59 Å². The van der Waals surface area contributed by atoms with Crippen molar-refractivity contribution in [2.24, 2.45) is 5.92 Å². The van der Waals surface area contributed by atoms with Crippen LogP contribution in [0.3, 0.4) is 0 Å². The van der Waals surface area contributed by atoms with Crippen LogP contribution in [0.4, 0.5) is 0 Å². The quantitative estimate of drug-likeness (QED) is 0.438. The molecule has 2 aromatic carbocycles. The molecule has 0 saturated heterocycles. The van der Waals surface area contributed by atoms with E-state index in [0.717, 1.165) is 18.5 Å². The number of hydrogen-bond acceptors (Lipinski definition) is 4. The maximum absolute atomic E-state index is 12.1. The first-order valence-electron chi connectivity index (χ1n) is 7.59. The lowest BCUT2D eigenvalue weighted by Crippen LogP contribution is -2.08. The number of rotatable bonds is 7. The zero-order valence-electron chi connectivity index (χ0n) is 13.3. The molecule has 4 heteroatoms. The zero-order valence-corrected chi connectivity index (χ0v) is 13.3. The summed E-state index contributed by atoms with van der Waals surface area (Å²) in [6.45, 7) is 4.94. The topological polar surface area (TPSA) is 52.6 Å². The molecule has 0 bridgehead atoms. The van der Waals surface area contributed by atoms with Crippen LogP contribution in [-0.4, -0.2) is 18.9 Å². The standard InChI is InChI=1S/C19H20O4/c1-14(2)11-12-22-17-9-5-16(6-10-17)19(21)23-18-7-3-15(13-20)4-8-18/h3-10,13-14H,11-12H2,1-2H3. The molecule has 0 saturated carbocycles. The Hall–Kier alpha value is -2.62. The molecular weight excluding hydrogens is 292 g/mol. The minimum absolute atomic E-state index is 0.401. The van der Waals surface area contributed by atoms with Gasteiger partial charge in [0.2, 0.25) is 0 Å². The van der Waals surface area contributed by atoms with Crippen molar-refractivity contribution in [1.82, 2.24) is 0 Å². The average Bonchev–Trinajstić information content (AvgIpc) is 2.56. The number of carbonyl (C=O) groups is 2. The van der Waals surface area contributed by atoms with Crippen LogP contribution in [0, 0.1) is 5.92 Å². The van der Waals surface area contributed by atoms with Crippen molar-refractivity contribution < 1.29 is 19.1 Å². The Balaban J connectivity index is 1.92. The highest BCUT2D eigenvalue weighted by Gasteiger charge is 2.09. The fraction of sp³-hybridized carbons (Fsp3) is 0.263. The molecule has 0 amide bonds. The smallest absolute Gasteiger partial charge is 0.343 e.